The van der Waals surface area contributed by atoms with Gasteiger partial charge in [0.15, 0.2) is 0 Å². The van der Waals surface area contributed by atoms with E-state index in [1.165, 1.54) is 0 Å². The summed E-state index contributed by atoms with van der Waals surface area (Å²) >= 11 is -0.114. The van der Waals surface area contributed by atoms with Crippen LogP contribution >= 0.6 is 0 Å². The molecule has 2 aliphatic rings. The molecular formula is C20H12O4Se. The first-order valence-electron chi connectivity index (χ1n) is 7.77. The van der Waals surface area contributed by atoms with Gasteiger partial charge in [-0.3, -0.25) is 0 Å². The number of benzene rings is 3. The summed E-state index contributed by atoms with van der Waals surface area (Å²) in [6, 6.07) is 17.7. The molecule has 3 aromatic rings. The third kappa shape index (κ3) is 1.85. The summed E-state index contributed by atoms with van der Waals surface area (Å²) in [5.74, 6) is -0.00276. The van der Waals surface area contributed by atoms with Crippen molar-refractivity contribution in [2.24, 2.45) is 0 Å². The van der Waals surface area contributed by atoms with Crippen LogP contribution in [0.3, 0.4) is 0 Å². The van der Waals surface area contributed by atoms with E-state index >= 15 is 0 Å². The topological polar surface area (TPSA) is 66.8 Å². The van der Waals surface area contributed by atoms with Gasteiger partial charge >= 0.3 is 150 Å². The average molecular weight is 395 g/mol. The Kier molecular flexibility index (Phi) is 2.85. The number of carbonyl (C=O) groups excluding carboxylic acids is 1. The van der Waals surface area contributed by atoms with Crippen LogP contribution in [0, 0.1) is 0 Å². The number of fused-ring (bicyclic) bond motifs is 6. The molecule has 1 spiro atoms. The molecule has 0 fully saturated rings. The number of hydrogen-bond acceptors (Lipinski definition) is 4. The molecule has 2 N–H and O–H groups in total. The molecule has 0 saturated carbocycles. The van der Waals surface area contributed by atoms with Crippen LogP contribution in [-0.2, 0) is 10.3 Å². The van der Waals surface area contributed by atoms with Crippen molar-refractivity contribution >= 4 is 29.8 Å². The Hall–Kier alpha value is -2.75. The van der Waals surface area contributed by atoms with Gasteiger partial charge in [-0.15, -0.1) is 0 Å². The maximum atomic E-state index is 12.6. The van der Waals surface area contributed by atoms with Gasteiger partial charge in [0.05, 0.1) is 0 Å². The van der Waals surface area contributed by atoms with Crippen LogP contribution in [-0.4, -0.2) is 31.1 Å². The molecule has 122 valence electrons. The average Bonchev–Trinajstić information content (AvgIpc) is 2.88. The Labute approximate surface area is 149 Å². The predicted octanol–water partition coefficient (Wildman–Crippen LogP) is 1.53. The van der Waals surface area contributed by atoms with E-state index < -0.39 is 5.60 Å². The van der Waals surface area contributed by atoms with Crippen molar-refractivity contribution in [2.45, 2.75) is 5.60 Å². The molecule has 4 nitrogen and oxygen atoms in total. The number of hydrogen-bond donors (Lipinski definition) is 2. The maximum absolute atomic E-state index is 12.6. The fourth-order valence-corrected chi connectivity index (χ4v) is 6.25. The van der Waals surface area contributed by atoms with Crippen molar-refractivity contribution in [3.63, 3.8) is 0 Å². The summed E-state index contributed by atoms with van der Waals surface area (Å²) in [4.78, 5) is 12.6. The monoisotopic (exact) mass is 396 g/mol. The summed E-state index contributed by atoms with van der Waals surface area (Å²) in [5, 5.41) is 19.8. The second kappa shape index (κ2) is 4.88. The molecule has 5 heteroatoms. The van der Waals surface area contributed by atoms with Crippen molar-refractivity contribution in [3.05, 3.63) is 82.9 Å². The van der Waals surface area contributed by atoms with E-state index in [0.29, 0.717) is 5.56 Å². The number of ether oxygens (including phenoxy) is 1. The molecule has 25 heavy (non-hydrogen) atoms. The molecule has 2 aliphatic heterocycles. The van der Waals surface area contributed by atoms with E-state index in [1.807, 2.05) is 30.3 Å². The normalized spacial score (nSPS) is 16.1. The second-order valence-corrected chi connectivity index (χ2v) is 8.35. The summed E-state index contributed by atoms with van der Waals surface area (Å²) in [6.07, 6.45) is 0. The zero-order valence-electron chi connectivity index (χ0n) is 12.9. The van der Waals surface area contributed by atoms with Crippen LogP contribution in [0.4, 0.5) is 0 Å². The van der Waals surface area contributed by atoms with Gasteiger partial charge in [0.1, 0.15) is 0 Å². The van der Waals surface area contributed by atoms with Crippen LogP contribution in [0.1, 0.15) is 27.0 Å². The first-order valence-corrected chi connectivity index (χ1v) is 9.48. The van der Waals surface area contributed by atoms with Gasteiger partial charge in [-0.1, -0.05) is 0 Å². The fraction of sp³-hybridized carbons (Fsp3) is 0.0500. The van der Waals surface area contributed by atoms with Crippen molar-refractivity contribution in [2.75, 3.05) is 0 Å². The van der Waals surface area contributed by atoms with Gasteiger partial charge in [-0.25, -0.2) is 0 Å². The SMILES string of the molecule is O=C1OC2(c3ccc(O)cc3[Se]c3cc(O)ccc32)c2ccccc21. The first kappa shape index (κ1) is 14.6. The van der Waals surface area contributed by atoms with Crippen molar-refractivity contribution in [1.29, 1.82) is 0 Å². The number of rotatable bonds is 0. The number of esters is 1. The molecule has 2 heterocycles. The summed E-state index contributed by atoms with van der Waals surface area (Å²) in [6.45, 7) is 0. The minimum atomic E-state index is -1.03. The second-order valence-electron chi connectivity index (χ2n) is 6.08. The molecule has 0 amide bonds. The molecule has 0 unspecified atom stereocenters. The standard InChI is InChI=1S/C20H12O4Se/c21-11-5-7-15-17(9-11)25-18-10-12(22)6-8-16(18)20(15)14-4-2-1-3-13(14)19(23)24-20/h1-10,21-22H. The first-order chi connectivity index (χ1) is 12.1. The molecule has 0 aliphatic carbocycles. The van der Waals surface area contributed by atoms with Gasteiger partial charge in [0.2, 0.25) is 0 Å². The Bertz CT molecular complexity index is 1010. The Morgan fingerprint density at radius 2 is 1.40 bits per heavy atom. The van der Waals surface area contributed by atoms with Crippen LogP contribution in [0.15, 0.2) is 60.7 Å². The Morgan fingerprint density at radius 1 is 0.800 bits per heavy atom. The van der Waals surface area contributed by atoms with E-state index in [9.17, 15) is 15.0 Å². The third-order valence-electron chi connectivity index (χ3n) is 4.68. The summed E-state index contributed by atoms with van der Waals surface area (Å²) in [7, 11) is 0. The van der Waals surface area contributed by atoms with E-state index in [0.717, 1.165) is 25.6 Å². The minimum absolute atomic E-state index is 0.114. The Balaban J connectivity index is 1.91. The van der Waals surface area contributed by atoms with Crippen LogP contribution < -0.4 is 8.92 Å². The number of phenolic OH excluding ortho intramolecular Hbond substituents is 2. The van der Waals surface area contributed by atoms with Gasteiger partial charge in [0, 0.05) is 0 Å². The van der Waals surface area contributed by atoms with Crippen LogP contribution in [0.2, 0.25) is 0 Å². The molecule has 0 radical (unpaired) electrons. The quantitative estimate of drug-likeness (QED) is 0.448. The predicted molar refractivity (Wildman–Crippen MR) is 93.0 cm³/mol. The molecule has 0 atom stereocenters. The van der Waals surface area contributed by atoms with Crippen LogP contribution in [0.25, 0.3) is 0 Å². The molecule has 5 rings (SSSR count). The zero-order chi connectivity index (χ0) is 17.2. The number of aromatic hydroxyl groups is 2. The molecule has 0 bridgehead atoms. The van der Waals surface area contributed by atoms with Crippen molar-refractivity contribution in [1.82, 2.24) is 0 Å². The van der Waals surface area contributed by atoms with Gasteiger partial charge in [-0.05, 0) is 0 Å². The van der Waals surface area contributed by atoms with Crippen molar-refractivity contribution in [3.8, 4) is 11.5 Å². The van der Waals surface area contributed by atoms with E-state index in [1.54, 1.807) is 30.3 Å². The van der Waals surface area contributed by atoms with E-state index in [4.69, 9.17) is 4.74 Å². The van der Waals surface area contributed by atoms with Gasteiger partial charge in [0.25, 0.3) is 0 Å². The van der Waals surface area contributed by atoms with E-state index in [2.05, 4.69) is 0 Å². The molecule has 0 saturated heterocycles. The molecule has 3 aromatic carbocycles. The number of carbonyl (C=O) groups is 1. The van der Waals surface area contributed by atoms with E-state index in [-0.39, 0.29) is 32.4 Å². The number of phenols is 2. The third-order valence-corrected chi connectivity index (χ3v) is 7.02. The summed E-state index contributed by atoms with van der Waals surface area (Å²) < 4.78 is 7.88. The van der Waals surface area contributed by atoms with Gasteiger partial charge in [-0.2, -0.15) is 0 Å². The Morgan fingerprint density at radius 3 is 2.04 bits per heavy atom. The zero-order valence-corrected chi connectivity index (χ0v) is 14.6. The molecule has 0 aromatic heterocycles. The summed E-state index contributed by atoms with van der Waals surface area (Å²) in [5.41, 5.74) is 2.08. The fourth-order valence-electron chi connectivity index (χ4n) is 3.65. The molecular weight excluding hydrogens is 383 g/mol. The van der Waals surface area contributed by atoms with Gasteiger partial charge < -0.3 is 0 Å². The van der Waals surface area contributed by atoms with Crippen molar-refractivity contribution < 1.29 is 19.7 Å². The van der Waals surface area contributed by atoms with Crippen LogP contribution in [0.5, 0.6) is 11.5 Å².